The van der Waals surface area contributed by atoms with Crippen LogP contribution >= 0.6 is 0 Å². The summed E-state index contributed by atoms with van der Waals surface area (Å²) >= 11 is 0. The molecule has 4 aromatic rings. The molecule has 1 aliphatic carbocycles. The second kappa shape index (κ2) is 7.26. The van der Waals surface area contributed by atoms with E-state index in [4.69, 9.17) is 5.10 Å². The zero-order chi connectivity index (χ0) is 20.7. The van der Waals surface area contributed by atoms with Gasteiger partial charge in [-0.25, -0.2) is 9.67 Å². The molecule has 30 heavy (non-hydrogen) atoms. The van der Waals surface area contributed by atoms with Crippen molar-refractivity contribution in [1.29, 1.82) is 0 Å². The number of benzene rings is 2. The molecule has 0 saturated heterocycles. The Bertz CT molecular complexity index is 1300. The van der Waals surface area contributed by atoms with Gasteiger partial charge in [-0.15, -0.1) is 0 Å². The van der Waals surface area contributed by atoms with Crippen molar-refractivity contribution in [3.05, 3.63) is 82.5 Å². The second-order valence-corrected chi connectivity index (χ2v) is 7.72. The first-order valence-electron chi connectivity index (χ1n) is 9.99. The quantitative estimate of drug-likeness (QED) is 0.558. The Kier molecular flexibility index (Phi) is 4.43. The molecule has 7 nitrogen and oxygen atoms in total. The molecular weight excluding hydrogens is 378 g/mol. The van der Waals surface area contributed by atoms with Gasteiger partial charge in [0, 0.05) is 12.0 Å². The third kappa shape index (κ3) is 3.50. The Morgan fingerprint density at radius 3 is 2.70 bits per heavy atom. The van der Waals surface area contributed by atoms with E-state index in [0.717, 1.165) is 29.8 Å². The summed E-state index contributed by atoms with van der Waals surface area (Å²) in [5.41, 5.74) is 3.23. The number of hydrogen-bond acceptors (Lipinski definition) is 4. The molecule has 0 unspecified atom stereocenters. The van der Waals surface area contributed by atoms with Crippen LogP contribution < -0.4 is 10.9 Å². The third-order valence-corrected chi connectivity index (χ3v) is 5.29. The number of aromatic nitrogens is 4. The fourth-order valence-corrected chi connectivity index (χ4v) is 3.56. The van der Waals surface area contributed by atoms with Crippen molar-refractivity contribution < 1.29 is 4.79 Å². The van der Waals surface area contributed by atoms with Crippen LogP contribution in [0, 0.1) is 6.92 Å². The summed E-state index contributed by atoms with van der Waals surface area (Å²) in [5, 5.41) is 8.12. The molecule has 1 aliphatic rings. The molecule has 0 atom stereocenters. The fourth-order valence-electron chi connectivity index (χ4n) is 3.56. The monoisotopic (exact) mass is 399 g/mol. The van der Waals surface area contributed by atoms with E-state index in [1.807, 2.05) is 55.5 Å². The van der Waals surface area contributed by atoms with Crippen LogP contribution in [0.5, 0.6) is 0 Å². The molecule has 2 aromatic heterocycles. The maximum Gasteiger partial charge on any atom is 0.261 e. The van der Waals surface area contributed by atoms with Crippen LogP contribution in [0.25, 0.3) is 16.6 Å². The zero-order valence-corrected chi connectivity index (χ0v) is 16.6. The lowest BCUT2D eigenvalue weighted by Gasteiger charge is -2.10. The number of fused-ring (bicyclic) bond motifs is 1. The van der Waals surface area contributed by atoms with Gasteiger partial charge in [0.25, 0.3) is 5.56 Å². The summed E-state index contributed by atoms with van der Waals surface area (Å²) in [6.07, 6.45) is 3.66. The van der Waals surface area contributed by atoms with Crippen molar-refractivity contribution in [1.82, 2.24) is 19.3 Å². The van der Waals surface area contributed by atoms with Gasteiger partial charge in [-0.2, -0.15) is 5.10 Å². The van der Waals surface area contributed by atoms with E-state index >= 15 is 0 Å². The molecule has 1 N–H and O–H groups in total. The van der Waals surface area contributed by atoms with Crippen molar-refractivity contribution in [3.63, 3.8) is 0 Å². The lowest BCUT2D eigenvalue weighted by atomic mass is 10.2. The Hall–Kier alpha value is -3.74. The standard InChI is InChI=1S/C23H21N5O2/c1-15-7-10-19-18(11-15)23(30)27(14-24-19)13-22(29)25-21-12-20(16-8-9-16)26-28(21)17-5-3-2-4-6-17/h2-7,10-12,14,16H,8-9,13H2,1H3,(H,25,29). The molecule has 1 amide bonds. The van der Waals surface area contributed by atoms with Crippen molar-refractivity contribution in [2.45, 2.75) is 32.2 Å². The number of nitrogens with zero attached hydrogens (tertiary/aromatic N) is 4. The molecule has 1 fully saturated rings. The van der Waals surface area contributed by atoms with E-state index in [-0.39, 0.29) is 18.0 Å². The smallest absolute Gasteiger partial charge is 0.261 e. The molecule has 2 heterocycles. The maximum atomic E-state index is 12.8. The highest BCUT2D eigenvalue weighted by atomic mass is 16.2. The molecule has 0 bridgehead atoms. The van der Waals surface area contributed by atoms with E-state index in [2.05, 4.69) is 10.3 Å². The molecule has 0 spiro atoms. The van der Waals surface area contributed by atoms with E-state index < -0.39 is 0 Å². The molecule has 5 rings (SSSR count). The number of nitrogens with one attached hydrogen (secondary N) is 1. The van der Waals surface area contributed by atoms with Gasteiger partial charge < -0.3 is 5.32 Å². The van der Waals surface area contributed by atoms with Crippen molar-refractivity contribution in [2.75, 3.05) is 5.32 Å². The summed E-state index contributed by atoms with van der Waals surface area (Å²) in [6.45, 7) is 1.81. The number of anilines is 1. The number of carbonyl (C=O) groups excluding carboxylic acids is 1. The van der Waals surface area contributed by atoms with Gasteiger partial charge in [0.15, 0.2) is 0 Å². The Labute approximate surface area is 173 Å². The first-order valence-corrected chi connectivity index (χ1v) is 9.99. The van der Waals surface area contributed by atoms with Crippen molar-refractivity contribution >= 4 is 22.6 Å². The van der Waals surface area contributed by atoms with Crippen molar-refractivity contribution in [3.8, 4) is 5.69 Å². The number of rotatable bonds is 5. The van der Waals surface area contributed by atoms with Gasteiger partial charge in [0.2, 0.25) is 5.91 Å². The van der Waals surface area contributed by atoms with E-state index in [9.17, 15) is 9.59 Å². The summed E-state index contributed by atoms with van der Waals surface area (Å²) in [7, 11) is 0. The summed E-state index contributed by atoms with van der Waals surface area (Å²) in [4.78, 5) is 29.9. The molecule has 150 valence electrons. The number of para-hydroxylation sites is 1. The number of hydrogen-bond donors (Lipinski definition) is 1. The van der Waals surface area contributed by atoms with Gasteiger partial charge in [0.1, 0.15) is 12.4 Å². The largest absolute Gasteiger partial charge is 0.309 e. The van der Waals surface area contributed by atoms with Crippen LogP contribution in [0.1, 0.15) is 30.0 Å². The first kappa shape index (κ1) is 18.3. The molecule has 0 radical (unpaired) electrons. The van der Waals surface area contributed by atoms with Crippen LogP contribution in [-0.2, 0) is 11.3 Å². The van der Waals surface area contributed by atoms with Gasteiger partial charge in [-0.05, 0) is 44.0 Å². The van der Waals surface area contributed by atoms with Crippen LogP contribution in [0.15, 0.2) is 65.7 Å². The molecule has 7 heteroatoms. The van der Waals surface area contributed by atoms with Gasteiger partial charge in [-0.1, -0.05) is 29.8 Å². The molecule has 1 saturated carbocycles. The Balaban J connectivity index is 1.43. The SMILES string of the molecule is Cc1ccc2ncn(CC(=O)Nc3cc(C4CC4)nn3-c3ccccc3)c(=O)c2c1. The minimum Gasteiger partial charge on any atom is -0.309 e. The maximum absolute atomic E-state index is 12.8. The highest BCUT2D eigenvalue weighted by molar-refractivity contribution is 5.90. The molecule has 0 aliphatic heterocycles. The van der Waals surface area contributed by atoms with Crippen LogP contribution in [0.2, 0.25) is 0 Å². The van der Waals surface area contributed by atoms with Gasteiger partial charge >= 0.3 is 0 Å². The first-order chi connectivity index (χ1) is 14.6. The number of amides is 1. The van der Waals surface area contributed by atoms with E-state index in [0.29, 0.717) is 22.6 Å². The fraction of sp³-hybridized carbons (Fsp3) is 0.217. The van der Waals surface area contributed by atoms with Gasteiger partial charge in [-0.3, -0.25) is 14.2 Å². The minimum atomic E-state index is -0.301. The highest BCUT2D eigenvalue weighted by Crippen LogP contribution is 2.40. The summed E-state index contributed by atoms with van der Waals surface area (Å²) < 4.78 is 3.08. The average Bonchev–Trinajstić information content (AvgIpc) is 3.52. The molecular formula is C23H21N5O2. The van der Waals surface area contributed by atoms with E-state index in [1.165, 1.54) is 10.9 Å². The summed E-state index contributed by atoms with van der Waals surface area (Å²) in [5.74, 6) is 0.761. The predicted molar refractivity (Wildman–Crippen MR) is 115 cm³/mol. The lowest BCUT2D eigenvalue weighted by molar-refractivity contribution is -0.116. The van der Waals surface area contributed by atoms with Crippen LogP contribution in [0.3, 0.4) is 0 Å². The second-order valence-electron chi connectivity index (χ2n) is 7.72. The zero-order valence-electron chi connectivity index (χ0n) is 16.6. The molecule has 2 aromatic carbocycles. The topological polar surface area (TPSA) is 81.8 Å². The Morgan fingerprint density at radius 1 is 1.13 bits per heavy atom. The van der Waals surface area contributed by atoms with Crippen LogP contribution in [-0.4, -0.2) is 25.2 Å². The van der Waals surface area contributed by atoms with Crippen molar-refractivity contribution in [2.24, 2.45) is 0 Å². The summed E-state index contributed by atoms with van der Waals surface area (Å²) in [6, 6.07) is 17.1. The minimum absolute atomic E-state index is 0.117. The van der Waals surface area contributed by atoms with E-state index in [1.54, 1.807) is 10.7 Å². The highest BCUT2D eigenvalue weighted by Gasteiger charge is 2.28. The van der Waals surface area contributed by atoms with Crippen LogP contribution in [0.4, 0.5) is 5.82 Å². The normalized spacial score (nSPS) is 13.5. The third-order valence-electron chi connectivity index (χ3n) is 5.29. The number of carbonyl (C=O) groups is 1. The Morgan fingerprint density at radius 2 is 1.93 bits per heavy atom. The van der Waals surface area contributed by atoms with Gasteiger partial charge in [0.05, 0.1) is 28.6 Å². The average molecular weight is 399 g/mol. The lowest BCUT2D eigenvalue weighted by Crippen LogP contribution is -2.28. The predicted octanol–water partition coefficient (Wildman–Crippen LogP) is 3.41. The number of aryl methyl sites for hydroxylation is 1.